The van der Waals surface area contributed by atoms with Crippen molar-refractivity contribution in [1.29, 1.82) is 0 Å². The summed E-state index contributed by atoms with van der Waals surface area (Å²) < 4.78 is 0. The van der Waals surface area contributed by atoms with Crippen LogP contribution in [0, 0.1) is 0 Å². The van der Waals surface area contributed by atoms with E-state index in [9.17, 15) is 0 Å². The van der Waals surface area contributed by atoms with Gasteiger partial charge in [0.1, 0.15) is 0 Å². The lowest BCUT2D eigenvalue weighted by Crippen LogP contribution is -2.43. The Morgan fingerprint density at radius 3 is 2.44 bits per heavy atom. The first-order valence-corrected chi connectivity index (χ1v) is 7.30. The van der Waals surface area contributed by atoms with Crippen LogP contribution in [0.5, 0.6) is 0 Å². The van der Waals surface area contributed by atoms with E-state index < -0.39 is 0 Å². The lowest BCUT2D eigenvalue weighted by atomic mass is 10.0. The van der Waals surface area contributed by atoms with Gasteiger partial charge in [0.25, 0.3) is 0 Å². The second kappa shape index (κ2) is 6.55. The minimum absolute atomic E-state index is 0.403. The van der Waals surface area contributed by atoms with Crippen molar-refractivity contribution >= 4 is 11.6 Å². The largest absolute Gasteiger partial charge is 0.307 e. The minimum atomic E-state index is 0.403. The van der Waals surface area contributed by atoms with Gasteiger partial charge < -0.3 is 10.2 Å². The average molecular weight is 267 g/mol. The summed E-state index contributed by atoms with van der Waals surface area (Å²) in [6, 6.07) is 9.21. The predicted octanol–water partition coefficient (Wildman–Crippen LogP) is 3.47. The Hall–Kier alpha value is -0.570. The molecule has 0 amide bonds. The fourth-order valence-electron chi connectivity index (χ4n) is 2.62. The van der Waals surface area contributed by atoms with Gasteiger partial charge >= 0.3 is 0 Å². The molecular formula is C15H23ClN2. The van der Waals surface area contributed by atoms with Crippen molar-refractivity contribution in [2.75, 3.05) is 19.6 Å². The summed E-state index contributed by atoms with van der Waals surface area (Å²) in [5.74, 6) is 0. The molecule has 1 aromatic rings. The third-order valence-electron chi connectivity index (χ3n) is 3.89. The van der Waals surface area contributed by atoms with Crippen molar-refractivity contribution < 1.29 is 0 Å². The molecule has 0 spiro atoms. The Morgan fingerprint density at radius 1 is 1.28 bits per heavy atom. The first kappa shape index (κ1) is 13.9. The normalized spacial score (nSPS) is 19.9. The second-order valence-corrected chi connectivity index (χ2v) is 5.58. The van der Waals surface area contributed by atoms with Crippen LogP contribution >= 0.6 is 11.6 Å². The molecule has 0 bridgehead atoms. The number of nitrogens with zero attached hydrogens (tertiary/aromatic N) is 1. The van der Waals surface area contributed by atoms with Crippen molar-refractivity contribution in [2.45, 2.75) is 38.8 Å². The molecule has 1 saturated heterocycles. The average Bonchev–Trinajstić information content (AvgIpc) is 2.40. The first-order valence-electron chi connectivity index (χ1n) is 6.93. The maximum absolute atomic E-state index is 5.91. The number of benzene rings is 1. The second-order valence-electron chi connectivity index (χ2n) is 5.15. The maximum atomic E-state index is 5.91. The third-order valence-corrected chi connectivity index (χ3v) is 4.14. The molecule has 0 unspecified atom stereocenters. The highest BCUT2D eigenvalue weighted by Crippen LogP contribution is 2.19. The summed E-state index contributed by atoms with van der Waals surface area (Å²) >= 11 is 5.91. The van der Waals surface area contributed by atoms with E-state index in [4.69, 9.17) is 11.6 Å². The van der Waals surface area contributed by atoms with E-state index in [2.05, 4.69) is 36.2 Å². The maximum Gasteiger partial charge on any atom is 0.0406 e. The van der Waals surface area contributed by atoms with Crippen LogP contribution in [0.3, 0.4) is 0 Å². The topological polar surface area (TPSA) is 15.3 Å². The van der Waals surface area contributed by atoms with E-state index in [1.54, 1.807) is 0 Å². The minimum Gasteiger partial charge on any atom is -0.307 e. The molecule has 1 aliphatic rings. The molecule has 1 heterocycles. The monoisotopic (exact) mass is 266 g/mol. The predicted molar refractivity (Wildman–Crippen MR) is 78.1 cm³/mol. The van der Waals surface area contributed by atoms with Crippen LogP contribution in [0.15, 0.2) is 24.3 Å². The van der Waals surface area contributed by atoms with E-state index in [0.717, 1.165) is 5.02 Å². The number of piperidine rings is 1. The summed E-state index contributed by atoms with van der Waals surface area (Å²) in [6.45, 7) is 8.10. The molecule has 2 rings (SSSR count). The fourth-order valence-corrected chi connectivity index (χ4v) is 2.74. The van der Waals surface area contributed by atoms with E-state index in [0.29, 0.717) is 12.1 Å². The van der Waals surface area contributed by atoms with Gasteiger partial charge in [-0.3, -0.25) is 0 Å². The van der Waals surface area contributed by atoms with Crippen LogP contribution in [0.2, 0.25) is 5.02 Å². The lowest BCUT2D eigenvalue weighted by Gasteiger charge is -2.33. The van der Waals surface area contributed by atoms with Crippen LogP contribution in [0.4, 0.5) is 0 Å². The Bertz CT molecular complexity index is 355. The van der Waals surface area contributed by atoms with Crippen LogP contribution < -0.4 is 5.32 Å². The third kappa shape index (κ3) is 3.71. The van der Waals surface area contributed by atoms with Crippen LogP contribution in [-0.2, 0) is 0 Å². The summed E-state index contributed by atoms with van der Waals surface area (Å²) in [5, 5.41) is 4.54. The Labute approximate surface area is 115 Å². The van der Waals surface area contributed by atoms with Gasteiger partial charge in [0.15, 0.2) is 0 Å². The zero-order chi connectivity index (χ0) is 13.0. The summed E-state index contributed by atoms with van der Waals surface area (Å²) in [5.41, 5.74) is 1.32. The van der Waals surface area contributed by atoms with Crippen LogP contribution in [-0.4, -0.2) is 30.6 Å². The first-order chi connectivity index (χ1) is 8.69. The highest BCUT2D eigenvalue weighted by Gasteiger charge is 2.19. The Balaban J connectivity index is 1.84. The van der Waals surface area contributed by atoms with E-state index in [-0.39, 0.29) is 0 Å². The number of likely N-dealkylation sites (tertiary alicyclic amines) is 1. The van der Waals surface area contributed by atoms with E-state index >= 15 is 0 Å². The van der Waals surface area contributed by atoms with Gasteiger partial charge in [-0.1, -0.05) is 30.7 Å². The molecule has 0 saturated carbocycles. The molecule has 1 aliphatic heterocycles. The van der Waals surface area contributed by atoms with Gasteiger partial charge in [0.05, 0.1) is 0 Å². The molecule has 1 aromatic carbocycles. The summed E-state index contributed by atoms with van der Waals surface area (Å²) in [7, 11) is 0. The molecule has 2 nitrogen and oxygen atoms in total. The quantitative estimate of drug-likeness (QED) is 0.898. The number of nitrogens with one attached hydrogen (secondary N) is 1. The molecule has 18 heavy (non-hydrogen) atoms. The van der Waals surface area contributed by atoms with Gasteiger partial charge in [-0.2, -0.15) is 0 Å². The molecule has 1 N–H and O–H groups in total. The smallest absolute Gasteiger partial charge is 0.0406 e. The number of halogens is 1. The highest BCUT2D eigenvalue weighted by molar-refractivity contribution is 6.30. The van der Waals surface area contributed by atoms with Crippen molar-refractivity contribution in [3.8, 4) is 0 Å². The molecule has 3 heteroatoms. The summed E-state index contributed by atoms with van der Waals surface area (Å²) in [4.78, 5) is 2.52. The Kier molecular flexibility index (Phi) is 5.04. The zero-order valence-electron chi connectivity index (χ0n) is 11.3. The van der Waals surface area contributed by atoms with Gasteiger partial charge in [-0.25, -0.2) is 0 Å². The molecule has 1 atom stereocenters. The number of hydrogen-bond donors (Lipinski definition) is 1. The van der Waals surface area contributed by atoms with Crippen LogP contribution in [0.1, 0.15) is 38.3 Å². The number of hydrogen-bond acceptors (Lipinski definition) is 2. The van der Waals surface area contributed by atoms with Crippen molar-refractivity contribution in [3.05, 3.63) is 34.9 Å². The molecule has 0 aromatic heterocycles. The van der Waals surface area contributed by atoms with Crippen molar-refractivity contribution in [1.82, 2.24) is 10.2 Å². The van der Waals surface area contributed by atoms with Gasteiger partial charge in [0.2, 0.25) is 0 Å². The van der Waals surface area contributed by atoms with E-state index in [1.165, 1.54) is 38.0 Å². The SMILES string of the molecule is CCN1CCC(N[C@H](C)c2ccc(Cl)cc2)CC1. The van der Waals surface area contributed by atoms with Crippen molar-refractivity contribution in [2.24, 2.45) is 0 Å². The van der Waals surface area contributed by atoms with Gasteiger partial charge in [-0.15, -0.1) is 0 Å². The van der Waals surface area contributed by atoms with E-state index in [1.807, 2.05) is 12.1 Å². The lowest BCUT2D eigenvalue weighted by molar-refractivity contribution is 0.200. The number of rotatable bonds is 4. The Morgan fingerprint density at radius 2 is 1.89 bits per heavy atom. The highest BCUT2D eigenvalue weighted by atomic mass is 35.5. The molecule has 100 valence electrons. The summed E-state index contributed by atoms with van der Waals surface area (Å²) in [6.07, 6.45) is 2.51. The van der Waals surface area contributed by atoms with Crippen molar-refractivity contribution in [3.63, 3.8) is 0 Å². The fraction of sp³-hybridized carbons (Fsp3) is 0.600. The molecular weight excluding hydrogens is 244 g/mol. The van der Waals surface area contributed by atoms with Gasteiger partial charge in [-0.05, 0) is 57.1 Å². The van der Waals surface area contributed by atoms with Gasteiger partial charge in [0, 0.05) is 17.1 Å². The molecule has 0 aliphatic carbocycles. The standard InChI is InChI=1S/C15H23ClN2/c1-3-18-10-8-15(9-11-18)17-12(2)13-4-6-14(16)7-5-13/h4-7,12,15,17H,3,8-11H2,1-2H3/t12-/m1/s1. The van der Waals surface area contributed by atoms with Crippen LogP contribution in [0.25, 0.3) is 0 Å². The molecule has 0 radical (unpaired) electrons. The molecule has 1 fully saturated rings. The zero-order valence-corrected chi connectivity index (χ0v) is 12.1.